The summed E-state index contributed by atoms with van der Waals surface area (Å²) in [6.07, 6.45) is -1.39. The summed E-state index contributed by atoms with van der Waals surface area (Å²) in [4.78, 5) is 37.3. The van der Waals surface area contributed by atoms with E-state index in [9.17, 15) is 24.6 Å². The topological polar surface area (TPSA) is 119 Å². The molecule has 1 rings (SSSR count). The Morgan fingerprint density at radius 1 is 1.06 bits per heavy atom. The lowest BCUT2D eigenvalue weighted by Crippen LogP contribution is -2.63. The first-order chi connectivity index (χ1) is 16.6. The zero-order chi connectivity index (χ0) is 28.0. The lowest BCUT2D eigenvalue weighted by molar-refractivity contribution is -0.202. The molecule has 1 saturated carbocycles. The molecule has 8 nitrogen and oxygen atoms in total. The van der Waals surface area contributed by atoms with Crippen molar-refractivity contribution in [1.82, 2.24) is 0 Å². The van der Waals surface area contributed by atoms with Crippen LogP contribution in [0, 0.1) is 5.92 Å². The van der Waals surface area contributed by atoms with Crippen molar-refractivity contribution in [2.45, 2.75) is 96.7 Å². The molecular weight excluding hydrogens is 488 g/mol. The van der Waals surface area contributed by atoms with Gasteiger partial charge < -0.3 is 24.4 Å². The summed E-state index contributed by atoms with van der Waals surface area (Å²) in [5, 5.41) is 20.7. The molecular formula is C27H39ClO8. The Bertz CT molecular complexity index is 932. The predicted molar refractivity (Wildman–Crippen MR) is 137 cm³/mol. The Balaban J connectivity index is 3.57. The molecule has 7 atom stereocenters. The van der Waals surface area contributed by atoms with E-state index in [0.717, 1.165) is 0 Å². The number of alkyl halides is 1. The van der Waals surface area contributed by atoms with Crippen molar-refractivity contribution < 1.29 is 38.8 Å². The van der Waals surface area contributed by atoms with Gasteiger partial charge >= 0.3 is 17.9 Å². The third kappa shape index (κ3) is 7.79. The number of halogens is 1. The second kappa shape index (κ2) is 13.2. The maximum absolute atomic E-state index is 12.8. The minimum atomic E-state index is -1.75. The van der Waals surface area contributed by atoms with Gasteiger partial charge in [-0.15, -0.1) is 11.6 Å². The van der Waals surface area contributed by atoms with Crippen molar-refractivity contribution in [1.29, 1.82) is 0 Å². The Morgan fingerprint density at radius 2 is 1.58 bits per heavy atom. The van der Waals surface area contributed by atoms with Crippen molar-refractivity contribution >= 4 is 29.5 Å². The number of aliphatic hydroxyl groups is 2. The molecule has 1 fully saturated rings. The quantitative estimate of drug-likeness (QED) is 0.144. The first kappa shape index (κ1) is 31.6. The van der Waals surface area contributed by atoms with E-state index in [1.807, 2.05) is 0 Å². The van der Waals surface area contributed by atoms with Crippen LogP contribution < -0.4 is 0 Å². The van der Waals surface area contributed by atoms with Crippen LogP contribution in [0.15, 0.2) is 47.6 Å². The van der Waals surface area contributed by atoms with Gasteiger partial charge in [0, 0.05) is 30.4 Å². The zero-order valence-electron chi connectivity index (χ0n) is 22.2. The molecule has 0 spiro atoms. The zero-order valence-corrected chi connectivity index (χ0v) is 22.9. The fourth-order valence-corrected chi connectivity index (χ4v) is 4.10. The van der Waals surface area contributed by atoms with Gasteiger partial charge in [0.15, 0.2) is 6.10 Å². The maximum atomic E-state index is 12.8. The van der Waals surface area contributed by atoms with Gasteiger partial charge in [0.05, 0.1) is 11.5 Å². The number of hydrogen-bond acceptors (Lipinski definition) is 8. The highest BCUT2D eigenvalue weighted by Crippen LogP contribution is 2.44. The van der Waals surface area contributed by atoms with Crippen molar-refractivity contribution in [3.63, 3.8) is 0 Å². The summed E-state index contributed by atoms with van der Waals surface area (Å²) >= 11 is 6.54. The van der Waals surface area contributed by atoms with Gasteiger partial charge in [-0.25, -0.2) is 9.59 Å². The molecule has 9 heteroatoms. The van der Waals surface area contributed by atoms with Crippen molar-refractivity contribution in [3.8, 4) is 0 Å². The van der Waals surface area contributed by atoms with Crippen LogP contribution >= 0.6 is 11.6 Å². The molecule has 0 aliphatic heterocycles. The second-order valence-corrected chi connectivity index (χ2v) is 9.97. The molecule has 0 bridgehead atoms. The second-order valence-electron chi connectivity index (χ2n) is 9.45. The number of ether oxygens (including phenoxy) is 3. The lowest BCUT2D eigenvalue weighted by Gasteiger charge is -2.48. The number of carbonyl (C=O) groups excluding carboxylic acids is 3. The molecule has 0 aromatic heterocycles. The first-order valence-corrected chi connectivity index (χ1v) is 12.3. The van der Waals surface area contributed by atoms with E-state index in [-0.39, 0.29) is 12.8 Å². The summed E-state index contributed by atoms with van der Waals surface area (Å²) in [7, 11) is 0. The van der Waals surface area contributed by atoms with Crippen molar-refractivity contribution in [3.05, 3.63) is 47.6 Å². The maximum Gasteiger partial charge on any atom is 0.333 e. The molecule has 1 aliphatic carbocycles. The summed E-state index contributed by atoms with van der Waals surface area (Å²) in [6.45, 7) is 18.6. The molecule has 2 N–H and O–H groups in total. The van der Waals surface area contributed by atoms with Gasteiger partial charge in [-0.1, -0.05) is 30.9 Å². The van der Waals surface area contributed by atoms with Gasteiger partial charge in [0.25, 0.3) is 0 Å². The monoisotopic (exact) mass is 526 g/mol. The van der Waals surface area contributed by atoms with Crippen LogP contribution in [0.3, 0.4) is 0 Å². The van der Waals surface area contributed by atoms with Gasteiger partial charge in [0.1, 0.15) is 17.8 Å². The first-order valence-electron chi connectivity index (χ1n) is 11.8. The number of allylic oxidation sites excluding steroid dienone is 2. The average Bonchev–Trinajstić information content (AvgIpc) is 2.80. The van der Waals surface area contributed by atoms with Gasteiger partial charge in [-0.05, 0) is 53.5 Å². The molecule has 1 aliphatic rings. The summed E-state index contributed by atoms with van der Waals surface area (Å²) in [5.41, 5.74) is -0.342. The minimum Gasteiger partial charge on any atom is -0.455 e. The van der Waals surface area contributed by atoms with Crippen LogP contribution in [-0.4, -0.2) is 63.5 Å². The van der Waals surface area contributed by atoms with Gasteiger partial charge in [0.2, 0.25) is 0 Å². The van der Waals surface area contributed by atoms with Crippen LogP contribution in [0.1, 0.15) is 61.3 Å². The third-order valence-electron chi connectivity index (χ3n) is 6.56. The van der Waals surface area contributed by atoms with Crippen LogP contribution in [0.2, 0.25) is 0 Å². The van der Waals surface area contributed by atoms with Crippen LogP contribution in [0.25, 0.3) is 0 Å². The number of rotatable bonds is 10. The molecule has 0 aromatic rings. The predicted octanol–water partition coefficient (Wildman–Crippen LogP) is 3.94. The van der Waals surface area contributed by atoms with E-state index in [2.05, 4.69) is 13.2 Å². The SMILES string of the molecule is C=C(C)[C@H](O)C[C@H](OC(=O)/C(C)=C\C)C(=C)[C@H]1C[C@H](Cl)[C@@](C)(O)[C@@H](OC(C)=O)[C@H]1OC(=O)/C(C)=C\C. The van der Waals surface area contributed by atoms with E-state index >= 15 is 0 Å². The smallest absolute Gasteiger partial charge is 0.333 e. The molecule has 0 saturated heterocycles. The summed E-state index contributed by atoms with van der Waals surface area (Å²) < 4.78 is 16.9. The highest BCUT2D eigenvalue weighted by molar-refractivity contribution is 6.21. The van der Waals surface area contributed by atoms with Crippen molar-refractivity contribution in [2.75, 3.05) is 0 Å². The fourth-order valence-electron chi connectivity index (χ4n) is 3.78. The molecule has 0 aromatic carbocycles. The third-order valence-corrected chi connectivity index (χ3v) is 7.18. The Morgan fingerprint density at radius 3 is 2.06 bits per heavy atom. The van der Waals surface area contributed by atoms with Crippen LogP contribution in [0.4, 0.5) is 0 Å². The van der Waals surface area contributed by atoms with E-state index in [1.54, 1.807) is 46.8 Å². The number of aliphatic hydroxyl groups excluding tert-OH is 1. The average molecular weight is 527 g/mol. The number of hydrogen-bond donors (Lipinski definition) is 2. The normalized spacial score (nSPS) is 28.5. The number of esters is 3. The summed E-state index contributed by atoms with van der Waals surface area (Å²) in [5.74, 6) is -2.78. The van der Waals surface area contributed by atoms with Crippen LogP contribution in [0.5, 0.6) is 0 Å². The fraction of sp³-hybridized carbons (Fsp3) is 0.593. The highest BCUT2D eigenvalue weighted by Gasteiger charge is 2.56. The molecule has 0 heterocycles. The minimum absolute atomic E-state index is 0.0520. The Kier molecular flexibility index (Phi) is 11.6. The van der Waals surface area contributed by atoms with Crippen molar-refractivity contribution in [2.24, 2.45) is 5.92 Å². The van der Waals surface area contributed by atoms with E-state index < -0.39 is 59.2 Å². The lowest BCUT2D eigenvalue weighted by atomic mass is 9.71. The number of carbonyl (C=O) groups is 3. The Hall–Kier alpha value is -2.42. The van der Waals surface area contributed by atoms with E-state index in [0.29, 0.717) is 22.3 Å². The largest absolute Gasteiger partial charge is 0.455 e. The van der Waals surface area contributed by atoms with E-state index in [4.69, 9.17) is 25.8 Å². The molecule has 0 unspecified atom stereocenters. The van der Waals surface area contributed by atoms with Gasteiger partial charge in [-0.3, -0.25) is 4.79 Å². The molecule has 0 amide bonds. The Labute approximate surface area is 218 Å². The molecule has 36 heavy (non-hydrogen) atoms. The molecule has 0 radical (unpaired) electrons. The van der Waals surface area contributed by atoms with Gasteiger partial charge in [-0.2, -0.15) is 0 Å². The summed E-state index contributed by atoms with van der Waals surface area (Å²) in [6, 6.07) is 0. The van der Waals surface area contributed by atoms with E-state index in [1.165, 1.54) is 13.8 Å². The van der Waals surface area contributed by atoms with Crippen LogP contribution in [-0.2, 0) is 28.6 Å². The molecule has 202 valence electrons. The highest BCUT2D eigenvalue weighted by atomic mass is 35.5. The standard InChI is InChI=1S/C27H39ClO8/c1-10-15(5)25(31)35-21(13-20(30)14(3)4)17(7)19-12-22(28)27(9,33)24(34-18(8)29)23(19)36-26(32)16(6)11-2/h10-11,19-24,30,33H,3,7,12-13H2,1-2,4-6,8-9H3/b15-10-,16-11-/t19-,20-,21+,22+,23+,24+,27-/m1/s1.